The van der Waals surface area contributed by atoms with E-state index in [-0.39, 0.29) is 17.7 Å². The van der Waals surface area contributed by atoms with Crippen LogP contribution < -0.4 is 4.74 Å². The number of hydrogen-bond acceptors (Lipinski definition) is 5. The molecule has 2 rings (SSSR count). The molecule has 0 aromatic heterocycles. The van der Waals surface area contributed by atoms with Crippen LogP contribution in [-0.4, -0.2) is 24.2 Å². The van der Waals surface area contributed by atoms with E-state index in [2.05, 4.69) is 4.74 Å². The summed E-state index contributed by atoms with van der Waals surface area (Å²) in [5, 5.41) is 9.78. The maximum absolute atomic E-state index is 11.0. The van der Waals surface area contributed by atoms with Crippen LogP contribution in [0, 0.1) is 0 Å². The molecule has 0 fully saturated rings. The fraction of sp³-hybridized carbons (Fsp3) is 0.263. The molecular formula is C19H24O5. The Balaban J connectivity index is 0.000000650. The number of phenolic OH excluding ortho intramolecular Hbond substituents is 1. The minimum absolute atomic E-state index is 0.159. The first-order valence-corrected chi connectivity index (χ1v) is 7.56. The highest BCUT2D eigenvalue weighted by Crippen LogP contribution is 2.35. The minimum Gasteiger partial charge on any atom is -0.507 e. The first-order chi connectivity index (χ1) is 11.5. The Morgan fingerprint density at radius 1 is 0.833 bits per heavy atom. The Morgan fingerprint density at radius 2 is 1.29 bits per heavy atom. The molecular weight excluding hydrogens is 308 g/mol. The number of benzene rings is 2. The van der Waals surface area contributed by atoms with Crippen molar-refractivity contribution >= 4 is 11.9 Å². The molecule has 2 aromatic carbocycles. The van der Waals surface area contributed by atoms with Crippen molar-refractivity contribution in [2.75, 3.05) is 7.11 Å². The first kappa shape index (κ1) is 21.2. The van der Waals surface area contributed by atoms with E-state index in [0.717, 1.165) is 0 Å². The maximum atomic E-state index is 11.0. The van der Waals surface area contributed by atoms with E-state index < -0.39 is 0 Å². The molecule has 0 heterocycles. The summed E-state index contributed by atoms with van der Waals surface area (Å²) in [4.78, 5) is 20.6. The topological polar surface area (TPSA) is 72.8 Å². The van der Waals surface area contributed by atoms with Crippen LogP contribution >= 0.6 is 0 Å². The molecule has 130 valence electrons. The summed E-state index contributed by atoms with van der Waals surface area (Å²) in [6.07, 6.45) is 0. The van der Waals surface area contributed by atoms with Crippen LogP contribution in [0.15, 0.2) is 48.5 Å². The molecule has 5 heteroatoms. The average molecular weight is 332 g/mol. The third kappa shape index (κ3) is 7.45. The Kier molecular flexibility index (Phi) is 10.3. The lowest BCUT2D eigenvalue weighted by Crippen LogP contribution is -2.02. The third-order valence-corrected chi connectivity index (χ3v) is 2.62. The molecule has 0 radical (unpaired) electrons. The van der Waals surface area contributed by atoms with Gasteiger partial charge in [-0.1, -0.05) is 50.2 Å². The number of ether oxygens (including phenoxy) is 2. The molecule has 5 nitrogen and oxygen atoms in total. The predicted octanol–water partition coefficient (Wildman–Crippen LogP) is 4.19. The van der Waals surface area contributed by atoms with Crippen LogP contribution in [0.1, 0.15) is 27.7 Å². The Hall–Kier alpha value is -2.82. The van der Waals surface area contributed by atoms with E-state index >= 15 is 0 Å². The molecule has 1 N–H and O–H groups in total. The number of rotatable bonds is 2. The van der Waals surface area contributed by atoms with Crippen molar-refractivity contribution in [3.05, 3.63) is 48.5 Å². The lowest BCUT2D eigenvalue weighted by atomic mass is 10.0. The monoisotopic (exact) mass is 332 g/mol. The quantitative estimate of drug-likeness (QED) is 0.659. The van der Waals surface area contributed by atoms with E-state index in [1.807, 2.05) is 26.0 Å². The molecule has 0 aliphatic rings. The normalized spacial score (nSPS) is 8.71. The molecule has 24 heavy (non-hydrogen) atoms. The van der Waals surface area contributed by atoms with Gasteiger partial charge in [0.15, 0.2) is 0 Å². The molecule has 0 spiro atoms. The number of esters is 2. The van der Waals surface area contributed by atoms with Crippen molar-refractivity contribution in [1.82, 2.24) is 0 Å². The Bertz CT molecular complexity index is 650. The smallest absolute Gasteiger partial charge is 0.308 e. The second-order valence-corrected chi connectivity index (χ2v) is 4.30. The van der Waals surface area contributed by atoms with E-state index in [1.165, 1.54) is 21.0 Å². The zero-order chi connectivity index (χ0) is 18.5. The van der Waals surface area contributed by atoms with E-state index in [4.69, 9.17) is 4.74 Å². The zero-order valence-electron chi connectivity index (χ0n) is 14.7. The summed E-state index contributed by atoms with van der Waals surface area (Å²) in [5.74, 6) is -0.0218. The maximum Gasteiger partial charge on any atom is 0.308 e. The van der Waals surface area contributed by atoms with Gasteiger partial charge in [0.1, 0.15) is 11.5 Å². The number of hydrogen-bond donors (Lipinski definition) is 1. The van der Waals surface area contributed by atoms with Crippen molar-refractivity contribution in [1.29, 1.82) is 0 Å². The number of methoxy groups -OCH3 is 1. The summed E-state index contributed by atoms with van der Waals surface area (Å²) in [7, 11) is 1.35. The first-order valence-electron chi connectivity index (χ1n) is 7.56. The summed E-state index contributed by atoms with van der Waals surface area (Å²) >= 11 is 0. The Labute approximate surface area is 142 Å². The van der Waals surface area contributed by atoms with Gasteiger partial charge in [-0.2, -0.15) is 0 Å². The van der Waals surface area contributed by atoms with Crippen LogP contribution in [0.4, 0.5) is 0 Å². The third-order valence-electron chi connectivity index (χ3n) is 2.62. The minimum atomic E-state index is -0.382. The summed E-state index contributed by atoms with van der Waals surface area (Å²) in [6, 6.07) is 14.0. The van der Waals surface area contributed by atoms with Crippen LogP contribution in [-0.2, 0) is 14.3 Å². The van der Waals surface area contributed by atoms with Gasteiger partial charge >= 0.3 is 11.9 Å². The highest BCUT2D eigenvalue weighted by molar-refractivity contribution is 5.79. The molecule has 0 saturated heterocycles. The van der Waals surface area contributed by atoms with Crippen molar-refractivity contribution in [2.24, 2.45) is 0 Å². The van der Waals surface area contributed by atoms with Gasteiger partial charge in [-0.15, -0.1) is 0 Å². The number of aromatic hydroxyl groups is 1. The van der Waals surface area contributed by atoms with Crippen LogP contribution in [0.5, 0.6) is 11.5 Å². The number of para-hydroxylation sites is 2. The fourth-order valence-corrected chi connectivity index (χ4v) is 1.63. The van der Waals surface area contributed by atoms with Gasteiger partial charge in [0.25, 0.3) is 0 Å². The van der Waals surface area contributed by atoms with Crippen molar-refractivity contribution in [3.63, 3.8) is 0 Å². The standard InChI is InChI=1S/C14H12O3.C3H6O2.C2H6/c1-10(15)17-14-9-5-3-7-12(14)11-6-2-4-8-13(11)16;1-3(4)5-2;1-2/h2-9,16H,1H3;1-2H3;1-2H3. The molecule has 0 unspecified atom stereocenters. The van der Waals surface area contributed by atoms with Crippen LogP contribution in [0.2, 0.25) is 0 Å². The largest absolute Gasteiger partial charge is 0.507 e. The average Bonchev–Trinajstić information content (AvgIpc) is 2.58. The van der Waals surface area contributed by atoms with E-state index in [1.54, 1.807) is 36.4 Å². The predicted molar refractivity (Wildman–Crippen MR) is 93.9 cm³/mol. The van der Waals surface area contributed by atoms with Crippen molar-refractivity contribution < 1.29 is 24.2 Å². The van der Waals surface area contributed by atoms with Gasteiger partial charge in [0.2, 0.25) is 0 Å². The van der Waals surface area contributed by atoms with Gasteiger partial charge in [-0.25, -0.2) is 0 Å². The van der Waals surface area contributed by atoms with E-state index in [9.17, 15) is 14.7 Å². The van der Waals surface area contributed by atoms with Gasteiger partial charge in [-0.05, 0) is 12.1 Å². The number of phenols is 1. The van der Waals surface area contributed by atoms with Gasteiger partial charge in [0, 0.05) is 25.0 Å². The van der Waals surface area contributed by atoms with E-state index in [0.29, 0.717) is 16.9 Å². The molecule has 0 aliphatic carbocycles. The fourth-order valence-electron chi connectivity index (χ4n) is 1.63. The molecule has 0 saturated carbocycles. The molecule has 0 amide bonds. The second-order valence-electron chi connectivity index (χ2n) is 4.30. The molecule has 0 atom stereocenters. The number of carbonyl (C=O) groups excluding carboxylic acids is 2. The lowest BCUT2D eigenvalue weighted by molar-refractivity contribution is -0.138. The molecule has 2 aromatic rings. The summed E-state index contributed by atoms with van der Waals surface area (Å²) in [6.45, 7) is 6.71. The Morgan fingerprint density at radius 3 is 1.75 bits per heavy atom. The highest BCUT2D eigenvalue weighted by Gasteiger charge is 2.10. The van der Waals surface area contributed by atoms with Gasteiger partial charge in [-0.3, -0.25) is 9.59 Å². The second kappa shape index (κ2) is 11.7. The van der Waals surface area contributed by atoms with Gasteiger partial charge in [0.05, 0.1) is 7.11 Å². The highest BCUT2D eigenvalue weighted by atomic mass is 16.5. The SMILES string of the molecule is CC.CC(=O)Oc1ccccc1-c1ccccc1O.COC(C)=O. The van der Waals surface area contributed by atoms with Crippen molar-refractivity contribution in [2.45, 2.75) is 27.7 Å². The van der Waals surface area contributed by atoms with Crippen LogP contribution in [0.3, 0.4) is 0 Å². The van der Waals surface area contributed by atoms with Crippen molar-refractivity contribution in [3.8, 4) is 22.6 Å². The number of carbonyl (C=O) groups is 2. The zero-order valence-corrected chi connectivity index (χ0v) is 14.7. The van der Waals surface area contributed by atoms with Crippen LogP contribution in [0.25, 0.3) is 11.1 Å². The molecule has 0 aliphatic heterocycles. The summed E-state index contributed by atoms with van der Waals surface area (Å²) < 4.78 is 9.22. The summed E-state index contributed by atoms with van der Waals surface area (Å²) in [5.41, 5.74) is 1.34. The lowest BCUT2D eigenvalue weighted by Gasteiger charge is -2.09. The van der Waals surface area contributed by atoms with Gasteiger partial charge < -0.3 is 14.6 Å². The molecule has 0 bridgehead atoms.